The molecule has 0 atom stereocenters. The first-order valence-corrected chi connectivity index (χ1v) is 7.89. The lowest BCUT2D eigenvalue weighted by molar-refractivity contribution is -0.117. The van der Waals surface area contributed by atoms with Gasteiger partial charge in [0.1, 0.15) is 5.78 Å². The molecule has 7 nitrogen and oxygen atoms in total. The highest BCUT2D eigenvalue weighted by atomic mass is 32.3. The number of rotatable bonds is 5. The molecule has 0 fully saturated rings. The number of carbonyl (C=O) groups excluding carboxylic acids is 1. The van der Waals surface area contributed by atoms with Crippen LogP contribution < -0.4 is 0 Å². The maximum atomic E-state index is 11.5. The summed E-state index contributed by atoms with van der Waals surface area (Å²) in [7, 11) is -10.6. The normalized spacial score (nSPS) is 13.2. The molecule has 1 aromatic rings. The summed E-state index contributed by atoms with van der Waals surface area (Å²) in [5, 5.41) is 0. The van der Waals surface area contributed by atoms with Crippen LogP contribution in [0.3, 0.4) is 0 Å². The van der Waals surface area contributed by atoms with E-state index in [1.54, 1.807) is 0 Å². The minimum Gasteiger partial charge on any atom is -0.300 e. The predicted octanol–water partition coefficient (Wildman–Crippen LogP) is 0.594. The molecule has 0 aliphatic rings. The van der Waals surface area contributed by atoms with Crippen molar-refractivity contribution in [1.82, 2.24) is 0 Å². The Hall–Kier alpha value is -1.29. The maximum Gasteiger partial charge on any atom is 0.292 e. The van der Waals surface area contributed by atoms with Gasteiger partial charge in [-0.25, -0.2) is 0 Å². The first kappa shape index (κ1) is 15.8. The van der Waals surface area contributed by atoms with E-state index in [0.29, 0.717) is 0 Å². The van der Waals surface area contributed by atoms with E-state index in [9.17, 15) is 30.7 Å². The lowest BCUT2D eigenvalue weighted by atomic mass is 10.1. The molecule has 19 heavy (non-hydrogen) atoms. The van der Waals surface area contributed by atoms with Crippen molar-refractivity contribution < 1.29 is 30.7 Å². The van der Waals surface area contributed by atoms with Crippen LogP contribution in [-0.2, 0) is 29.1 Å². The molecule has 1 rings (SSSR count). The fourth-order valence-electron chi connectivity index (χ4n) is 1.74. The highest BCUT2D eigenvalue weighted by Crippen LogP contribution is 2.38. The molecule has 0 amide bonds. The van der Waals surface area contributed by atoms with Crippen molar-refractivity contribution >= 4 is 26.0 Å². The van der Waals surface area contributed by atoms with E-state index in [0.717, 1.165) is 19.1 Å². The molecule has 0 aromatic heterocycles. The molecule has 106 valence electrons. The second-order valence-electron chi connectivity index (χ2n) is 3.95. The molecule has 0 aliphatic carbocycles. The SMILES string of the molecule is CC(=O)CC(c1ccccc1)(S(=O)(=O)O)S(=O)(=O)O. The summed E-state index contributed by atoms with van der Waals surface area (Å²) in [6, 6.07) is 6.30. The van der Waals surface area contributed by atoms with Crippen molar-refractivity contribution in [1.29, 1.82) is 0 Å². The molecule has 0 spiro atoms. The Morgan fingerprint density at radius 3 is 1.79 bits per heavy atom. The Morgan fingerprint density at radius 1 is 1.05 bits per heavy atom. The summed E-state index contributed by atoms with van der Waals surface area (Å²) in [6.07, 6.45) is -1.09. The monoisotopic (exact) mass is 308 g/mol. The van der Waals surface area contributed by atoms with Gasteiger partial charge in [-0.15, -0.1) is 0 Å². The van der Waals surface area contributed by atoms with Gasteiger partial charge in [0.25, 0.3) is 24.3 Å². The van der Waals surface area contributed by atoms with E-state index in [-0.39, 0.29) is 0 Å². The van der Waals surface area contributed by atoms with Crippen LogP contribution >= 0.6 is 0 Å². The van der Waals surface area contributed by atoms with Gasteiger partial charge in [0.05, 0.1) is 0 Å². The topological polar surface area (TPSA) is 126 Å². The van der Waals surface area contributed by atoms with Gasteiger partial charge in [-0.3, -0.25) is 13.9 Å². The van der Waals surface area contributed by atoms with Crippen molar-refractivity contribution in [3.8, 4) is 0 Å². The zero-order valence-corrected chi connectivity index (χ0v) is 11.5. The van der Waals surface area contributed by atoms with Crippen LogP contribution in [0.4, 0.5) is 0 Å². The summed E-state index contributed by atoms with van der Waals surface area (Å²) in [5.74, 6) is -0.820. The second kappa shape index (κ2) is 5.00. The number of Topliss-reactive ketones (excluding diaryl/α,β-unsaturated/α-hetero) is 1. The predicted molar refractivity (Wildman–Crippen MR) is 66.5 cm³/mol. The zero-order valence-electron chi connectivity index (χ0n) is 9.85. The van der Waals surface area contributed by atoms with Crippen molar-refractivity contribution in [3.63, 3.8) is 0 Å². The number of carbonyl (C=O) groups is 1. The van der Waals surface area contributed by atoms with Gasteiger partial charge >= 0.3 is 0 Å². The van der Waals surface area contributed by atoms with E-state index in [2.05, 4.69) is 0 Å². The summed E-state index contributed by atoms with van der Waals surface area (Å²) >= 11 is 0. The third kappa shape index (κ3) is 2.84. The summed E-state index contributed by atoms with van der Waals surface area (Å²) in [5.41, 5.74) is -0.407. The molecule has 1 aromatic carbocycles. The Balaban J connectivity index is 3.80. The molecule has 0 aliphatic heterocycles. The van der Waals surface area contributed by atoms with Gasteiger partial charge in [0, 0.05) is 6.42 Å². The first-order valence-electron chi connectivity index (χ1n) is 5.01. The molecule has 0 heterocycles. The molecule has 0 saturated carbocycles. The van der Waals surface area contributed by atoms with Gasteiger partial charge in [-0.05, 0) is 12.5 Å². The molecular weight excluding hydrogens is 296 g/mol. The highest BCUT2D eigenvalue weighted by molar-refractivity contribution is 8.04. The fraction of sp³-hybridized carbons (Fsp3) is 0.300. The summed E-state index contributed by atoms with van der Waals surface area (Å²) in [6.45, 7) is 0.952. The van der Waals surface area contributed by atoms with Crippen molar-refractivity contribution in [3.05, 3.63) is 35.9 Å². The van der Waals surface area contributed by atoms with Gasteiger partial charge < -0.3 is 0 Å². The number of hydrogen-bond donors (Lipinski definition) is 2. The summed E-state index contributed by atoms with van der Waals surface area (Å²) < 4.78 is 61.4. The zero-order chi connectivity index (χ0) is 14.9. The largest absolute Gasteiger partial charge is 0.300 e. The Kier molecular flexibility index (Phi) is 4.15. The average Bonchev–Trinajstić information content (AvgIpc) is 2.23. The fourth-order valence-corrected chi connectivity index (χ4v) is 4.44. The quantitative estimate of drug-likeness (QED) is 0.762. The van der Waals surface area contributed by atoms with Crippen LogP contribution in [0.2, 0.25) is 0 Å². The van der Waals surface area contributed by atoms with E-state index in [4.69, 9.17) is 0 Å². The lowest BCUT2D eigenvalue weighted by Crippen LogP contribution is -2.44. The maximum absolute atomic E-state index is 11.5. The van der Waals surface area contributed by atoms with Crippen LogP contribution in [0.1, 0.15) is 18.9 Å². The third-order valence-electron chi connectivity index (χ3n) is 2.53. The summed E-state index contributed by atoms with van der Waals surface area (Å²) in [4.78, 5) is 11.2. The van der Waals surface area contributed by atoms with Gasteiger partial charge in [0.2, 0.25) is 0 Å². The van der Waals surface area contributed by atoms with Crippen molar-refractivity contribution in [2.24, 2.45) is 0 Å². The number of hydrogen-bond acceptors (Lipinski definition) is 5. The highest BCUT2D eigenvalue weighted by Gasteiger charge is 2.56. The van der Waals surface area contributed by atoms with Crippen LogP contribution in [0.25, 0.3) is 0 Å². The Bertz CT molecular complexity index is 642. The van der Waals surface area contributed by atoms with Crippen LogP contribution in [0.15, 0.2) is 30.3 Å². The van der Waals surface area contributed by atoms with Crippen LogP contribution in [0, 0.1) is 0 Å². The van der Waals surface area contributed by atoms with E-state index >= 15 is 0 Å². The minimum absolute atomic E-state index is 0.407. The standard InChI is InChI=1S/C10H12O7S2/c1-8(11)7-10(18(12,13)14,19(15,16)17)9-5-3-2-4-6-9/h2-6H,7H2,1H3,(H,12,13,14)(H,15,16,17). The number of ketones is 1. The number of benzene rings is 1. The molecule has 0 bridgehead atoms. The van der Waals surface area contributed by atoms with Crippen LogP contribution in [0.5, 0.6) is 0 Å². The van der Waals surface area contributed by atoms with Gasteiger partial charge in [-0.2, -0.15) is 16.8 Å². The van der Waals surface area contributed by atoms with Gasteiger partial charge in [-0.1, -0.05) is 30.3 Å². The van der Waals surface area contributed by atoms with Crippen molar-refractivity contribution in [2.45, 2.75) is 17.4 Å². The van der Waals surface area contributed by atoms with E-state index < -0.39 is 42.1 Å². The molecular formula is C10H12O7S2. The van der Waals surface area contributed by atoms with E-state index in [1.807, 2.05) is 0 Å². The van der Waals surface area contributed by atoms with E-state index in [1.165, 1.54) is 18.2 Å². The lowest BCUT2D eigenvalue weighted by Gasteiger charge is -2.26. The van der Waals surface area contributed by atoms with Gasteiger partial charge in [0.15, 0.2) is 0 Å². The molecule has 0 unspecified atom stereocenters. The molecule has 9 heteroatoms. The van der Waals surface area contributed by atoms with Crippen LogP contribution in [-0.4, -0.2) is 31.7 Å². The Labute approximate surface area is 110 Å². The minimum atomic E-state index is -5.29. The Morgan fingerprint density at radius 2 is 1.47 bits per heavy atom. The second-order valence-corrected chi connectivity index (χ2v) is 7.50. The first-order chi connectivity index (χ1) is 8.52. The average molecular weight is 308 g/mol. The molecule has 2 N–H and O–H groups in total. The molecule has 0 saturated heterocycles. The smallest absolute Gasteiger partial charge is 0.292 e. The van der Waals surface area contributed by atoms with Crippen molar-refractivity contribution in [2.75, 3.05) is 0 Å². The molecule has 0 radical (unpaired) electrons. The third-order valence-corrected chi connectivity index (χ3v) is 6.22.